The quantitative estimate of drug-likeness (QED) is 0.477. The van der Waals surface area contributed by atoms with Crippen LogP contribution in [-0.2, 0) is 35.6 Å². The van der Waals surface area contributed by atoms with Crippen LogP contribution < -0.4 is 5.56 Å². The average molecular weight is 444 g/mol. The number of carbonyl (C=O) groups excluding carboxylic acids is 1. The fourth-order valence-electron chi connectivity index (χ4n) is 4.58. The molecule has 168 valence electrons. The van der Waals surface area contributed by atoms with Crippen LogP contribution in [0.3, 0.4) is 0 Å². The van der Waals surface area contributed by atoms with E-state index in [9.17, 15) is 9.59 Å². The van der Waals surface area contributed by atoms with Crippen molar-refractivity contribution in [2.24, 2.45) is 0 Å². The van der Waals surface area contributed by atoms with Gasteiger partial charge in [-0.05, 0) is 37.1 Å². The van der Waals surface area contributed by atoms with E-state index in [2.05, 4.69) is 20.9 Å². The highest BCUT2D eigenvalue weighted by Crippen LogP contribution is 2.29. The van der Waals surface area contributed by atoms with E-state index in [0.29, 0.717) is 31.0 Å². The van der Waals surface area contributed by atoms with E-state index < -0.39 is 0 Å². The van der Waals surface area contributed by atoms with E-state index >= 15 is 0 Å². The lowest BCUT2D eigenvalue weighted by molar-refractivity contribution is -0.141. The molecule has 0 amide bonds. The number of ether oxygens (including phenoxy) is 1. The van der Waals surface area contributed by atoms with Gasteiger partial charge in [-0.25, -0.2) is 4.98 Å². The molecule has 0 bridgehead atoms. The van der Waals surface area contributed by atoms with Crippen LogP contribution in [0.5, 0.6) is 0 Å². The summed E-state index contributed by atoms with van der Waals surface area (Å²) in [7, 11) is 1.41. The Labute approximate surface area is 190 Å². The molecular weight excluding hydrogens is 418 g/mol. The van der Waals surface area contributed by atoms with Crippen LogP contribution >= 0.6 is 0 Å². The van der Waals surface area contributed by atoms with Gasteiger partial charge >= 0.3 is 5.97 Å². The summed E-state index contributed by atoms with van der Waals surface area (Å²) in [5, 5.41) is 1.12. The minimum atomic E-state index is -0.275. The number of para-hydroxylation sites is 1. The number of aromatic amines is 1. The number of methoxy groups -OCH3 is 1. The average Bonchev–Trinajstić information content (AvgIpc) is 3.10. The highest BCUT2D eigenvalue weighted by Gasteiger charge is 2.24. The molecule has 0 aliphatic carbocycles. The topological polar surface area (TPSA) is 93.1 Å². The van der Waals surface area contributed by atoms with E-state index in [1.54, 1.807) is 6.20 Å². The molecule has 4 aromatic rings. The van der Waals surface area contributed by atoms with Crippen molar-refractivity contribution in [1.29, 1.82) is 0 Å². The summed E-state index contributed by atoms with van der Waals surface area (Å²) in [6.45, 7) is 4.26. The number of hydrogen-bond donors (Lipinski definition) is 1. The van der Waals surface area contributed by atoms with Crippen LogP contribution in [0.1, 0.15) is 22.5 Å². The van der Waals surface area contributed by atoms with E-state index in [1.807, 2.05) is 47.9 Å². The third-order valence-electron chi connectivity index (χ3n) is 6.32. The molecular formula is C25H25N5O3. The number of benzene rings is 1. The maximum Gasteiger partial charge on any atom is 0.325 e. The summed E-state index contributed by atoms with van der Waals surface area (Å²) in [6, 6.07) is 13.7. The fraction of sp³-hybridized carbons (Fsp3) is 0.280. The molecule has 1 aromatic carbocycles. The smallest absolute Gasteiger partial charge is 0.325 e. The molecule has 8 nitrogen and oxygen atoms in total. The molecule has 0 radical (unpaired) electrons. The number of rotatable bonds is 5. The summed E-state index contributed by atoms with van der Waals surface area (Å²) < 4.78 is 6.91. The first-order chi connectivity index (χ1) is 16.0. The van der Waals surface area contributed by atoms with E-state index in [4.69, 9.17) is 9.72 Å². The number of nitrogens with zero attached hydrogens (tertiary/aromatic N) is 4. The van der Waals surface area contributed by atoms with Gasteiger partial charge in [0.1, 0.15) is 12.2 Å². The van der Waals surface area contributed by atoms with Crippen LogP contribution in [-0.4, -0.2) is 44.0 Å². The van der Waals surface area contributed by atoms with Gasteiger partial charge in [0.05, 0.1) is 12.8 Å². The lowest BCUT2D eigenvalue weighted by atomic mass is 10.0. The van der Waals surface area contributed by atoms with Gasteiger partial charge in [0.2, 0.25) is 0 Å². The van der Waals surface area contributed by atoms with Crippen LogP contribution in [0.4, 0.5) is 0 Å². The first kappa shape index (κ1) is 21.1. The maximum atomic E-state index is 12.7. The van der Waals surface area contributed by atoms with Gasteiger partial charge in [0.15, 0.2) is 5.82 Å². The van der Waals surface area contributed by atoms with Crippen molar-refractivity contribution in [2.45, 2.75) is 33.0 Å². The second-order valence-electron chi connectivity index (χ2n) is 8.26. The number of H-pyrrole nitrogens is 1. The van der Waals surface area contributed by atoms with Crippen molar-refractivity contribution in [1.82, 2.24) is 24.4 Å². The third kappa shape index (κ3) is 3.93. The van der Waals surface area contributed by atoms with Gasteiger partial charge in [0.25, 0.3) is 5.56 Å². The van der Waals surface area contributed by atoms with E-state index in [0.717, 1.165) is 34.4 Å². The van der Waals surface area contributed by atoms with Crippen molar-refractivity contribution < 1.29 is 9.53 Å². The van der Waals surface area contributed by atoms with E-state index in [-0.39, 0.29) is 18.1 Å². The lowest BCUT2D eigenvalue weighted by Crippen LogP contribution is -2.35. The number of nitrogens with one attached hydrogen (secondary N) is 1. The van der Waals surface area contributed by atoms with Gasteiger partial charge < -0.3 is 14.3 Å². The first-order valence-electron chi connectivity index (χ1n) is 10.9. The van der Waals surface area contributed by atoms with Gasteiger partial charge in [-0.15, -0.1) is 0 Å². The molecule has 0 atom stereocenters. The third-order valence-corrected chi connectivity index (χ3v) is 6.32. The van der Waals surface area contributed by atoms with Crippen LogP contribution in [0.25, 0.3) is 22.4 Å². The van der Waals surface area contributed by atoms with Crippen LogP contribution in [0, 0.1) is 6.92 Å². The Morgan fingerprint density at radius 2 is 2.00 bits per heavy atom. The Morgan fingerprint density at radius 3 is 2.79 bits per heavy atom. The van der Waals surface area contributed by atoms with Gasteiger partial charge in [-0.1, -0.05) is 24.3 Å². The number of hydrogen-bond acceptors (Lipinski definition) is 6. The minimum absolute atomic E-state index is 0.0915. The molecule has 4 heterocycles. The number of pyridine rings is 1. The van der Waals surface area contributed by atoms with Crippen LogP contribution in [0.15, 0.2) is 53.5 Å². The zero-order chi connectivity index (χ0) is 22.9. The molecule has 1 aliphatic heterocycles. The molecule has 33 heavy (non-hydrogen) atoms. The minimum Gasteiger partial charge on any atom is -0.468 e. The Kier molecular flexibility index (Phi) is 5.51. The van der Waals surface area contributed by atoms with Crippen LogP contribution in [0.2, 0.25) is 0 Å². The SMILES string of the molecule is COC(=O)Cn1c(C)c(CN2CCc3c(nc(-c4ccccn4)[nH]c3=O)C2)c2ccccc21. The molecule has 0 unspecified atom stereocenters. The predicted molar refractivity (Wildman–Crippen MR) is 125 cm³/mol. The summed E-state index contributed by atoms with van der Waals surface area (Å²) in [4.78, 5) is 38.9. The zero-order valence-corrected chi connectivity index (χ0v) is 18.7. The van der Waals surface area contributed by atoms with Crippen molar-refractivity contribution in [3.63, 3.8) is 0 Å². The summed E-state index contributed by atoms with van der Waals surface area (Å²) in [6.07, 6.45) is 2.33. The standard InChI is InChI=1S/C25H25N5O3/c1-16-19(17-7-3-4-9-22(17)30(16)15-23(31)33-2)13-29-12-10-18-21(14-29)27-24(28-25(18)32)20-8-5-6-11-26-20/h3-9,11H,10,12-15H2,1-2H3,(H,27,28,32). The Hall–Kier alpha value is -3.78. The molecule has 0 saturated carbocycles. The molecule has 0 saturated heterocycles. The monoisotopic (exact) mass is 443 g/mol. The lowest BCUT2D eigenvalue weighted by Gasteiger charge is -2.28. The summed E-state index contributed by atoms with van der Waals surface area (Å²) >= 11 is 0. The summed E-state index contributed by atoms with van der Waals surface area (Å²) in [5.41, 5.74) is 5.33. The highest BCUT2D eigenvalue weighted by molar-refractivity contribution is 5.87. The number of aromatic nitrogens is 4. The molecule has 1 aliphatic rings. The second-order valence-corrected chi connectivity index (χ2v) is 8.26. The molecule has 5 rings (SSSR count). The Bertz CT molecular complexity index is 1390. The van der Waals surface area contributed by atoms with Crippen molar-refractivity contribution >= 4 is 16.9 Å². The van der Waals surface area contributed by atoms with Gasteiger partial charge in [-0.2, -0.15) is 0 Å². The Balaban J connectivity index is 1.47. The summed E-state index contributed by atoms with van der Waals surface area (Å²) in [5.74, 6) is 0.217. The fourth-order valence-corrected chi connectivity index (χ4v) is 4.58. The molecule has 3 aromatic heterocycles. The number of esters is 1. The molecule has 8 heteroatoms. The predicted octanol–water partition coefficient (Wildman–Crippen LogP) is 2.83. The second kappa shape index (κ2) is 8.63. The first-order valence-corrected chi connectivity index (χ1v) is 10.9. The molecule has 1 N–H and O–H groups in total. The highest BCUT2D eigenvalue weighted by atomic mass is 16.5. The van der Waals surface area contributed by atoms with Crippen molar-refractivity contribution in [3.05, 3.63) is 81.5 Å². The number of carbonyl (C=O) groups is 1. The van der Waals surface area contributed by atoms with E-state index in [1.165, 1.54) is 12.7 Å². The Morgan fingerprint density at radius 1 is 1.18 bits per heavy atom. The van der Waals surface area contributed by atoms with Crippen molar-refractivity contribution in [2.75, 3.05) is 13.7 Å². The van der Waals surface area contributed by atoms with Gasteiger partial charge in [0, 0.05) is 48.0 Å². The van der Waals surface area contributed by atoms with Gasteiger partial charge in [-0.3, -0.25) is 19.5 Å². The normalized spacial score (nSPS) is 13.8. The largest absolute Gasteiger partial charge is 0.468 e. The number of fused-ring (bicyclic) bond motifs is 2. The zero-order valence-electron chi connectivity index (χ0n) is 18.7. The van der Waals surface area contributed by atoms with Crippen molar-refractivity contribution in [3.8, 4) is 11.5 Å². The maximum absolute atomic E-state index is 12.7. The molecule has 0 spiro atoms. The molecule has 0 fully saturated rings.